The van der Waals surface area contributed by atoms with Crippen LogP contribution in [0.4, 0.5) is 11.4 Å². The van der Waals surface area contributed by atoms with Crippen LogP contribution in [0.25, 0.3) is 0 Å². The van der Waals surface area contributed by atoms with E-state index in [-0.39, 0.29) is 23.7 Å². The van der Waals surface area contributed by atoms with Crippen molar-refractivity contribution in [2.75, 3.05) is 36.4 Å². The Kier molecular flexibility index (Phi) is 7.35. The quantitative estimate of drug-likeness (QED) is 0.795. The third kappa shape index (κ3) is 5.06. The summed E-state index contributed by atoms with van der Waals surface area (Å²) in [7, 11) is 0. The summed E-state index contributed by atoms with van der Waals surface area (Å²) in [5.41, 5.74) is 2.11. The van der Waals surface area contributed by atoms with Crippen LogP contribution in [0.2, 0.25) is 0 Å². The number of hydrogen-bond acceptors (Lipinski definition) is 3. The van der Waals surface area contributed by atoms with Crippen molar-refractivity contribution in [3.8, 4) is 0 Å². The molecule has 0 unspecified atom stereocenters. The van der Waals surface area contributed by atoms with Crippen molar-refractivity contribution < 1.29 is 9.59 Å². The second kappa shape index (κ2) is 9.94. The number of amides is 2. The summed E-state index contributed by atoms with van der Waals surface area (Å²) in [6.07, 6.45) is 7.09. The molecule has 1 aromatic carbocycles. The van der Waals surface area contributed by atoms with Gasteiger partial charge in [0.1, 0.15) is 0 Å². The Labute approximate surface area is 169 Å². The summed E-state index contributed by atoms with van der Waals surface area (Å²) < 4.78 is 0. The summed E-state index contributed by atoms with van der Waals surface area (Å²) in [4.78, 5) is 29.5. The van der Waals surface area contributed by atoms with E-state index in [1.807, 2.05) is 30.9 Å². The molecule has 3 rings (SSSR count). The molecule has 28 heavy (non-hydrogen) atoms. The summed E-state index contributed by atoms with van der Waals surface area (Å²) in [5, 5.41) is 3.08. The third-order valence-electron chi connectivity index (χ3n) is 6.38. The van der Waals surface area contributed by atoms with Crippen molar-refractivity contribution in [2.45, 2.75) is 58.8 Å². The number of benzene rings is 1. The van der Waals surface area contributed by atoms with Gasteiger partial charge in [0.2, 0.25) is 11.8 Å². The lowest BCUT2D eigenvalue weighted by Crippen LogP contribution is -2.38. The Morgan fingerprint density at radius 3 is 2.07 bits per heavy atom. The van der Waals surface area contributed by atoms with E-state index in [1.54, 1.807) is 0 Å². The second-order valence-corrected chi connectivity index (χ2v) is 8.14. The molecular formula is C23H35N3O2. The average Bonchev–Trinajstić information content (AvgIpc) is 2.76. The highest BCUT2D eigenvalue weighted by atomic mass is 16.2. The molecule has 5 heteroatoms. The number of rotatable bonds is 6. The molecule has 5 nitrogen and oxygen atoms in total. The molecule has 0 aromatic heterocycles. The highest BCUT2D eigenvalue weighted by Gasteiger charge is 2.31. The molecule has 1 N–H and O–H groups in total. The third-order valence-corrected chi connectivity index (χ3v) is 6.38. The largest absolute Gasteiger partial charge is 0.372 e. The van der Waals surface area contributed by atoms with Gasteiger partial charge in [0.25, 0.3) is 0 Å². The second-order valence-electron chi connectivity index (χ2n) is 8.14. The first kappa shape index (κ1) is 20.7. The van der Waals surface area contributed by atoms with Crippen LogP contribution in [0, 0.1) is 11.8 Å². The van der Waals surface area contributed by atoms with Crippen molar-refractivity contribution in [2.24, 2.45) is 11.8 Å². The predicted molar refractivity (Wildman–Crippen MR) is 115 cm³/mol. The first-order valence-electron chi connectivity index (χ1n) is 11.1. The lowest BCUT2D eigenvalue weighted by Gasteiger charge is -2.31. The van der Waals surface area contributed by atoms with E-state index in [9.17, 15) is 9.59 Å². The van der Waals surface area contributed by atoms with E-state index < -0.39 is 0 Å². The molecule has 1 aliphatic carbocycles. The Balaban J connectivity index is 1.48. The molecule has 1 saturated heterocycles. The van der Waals surface area contributed by atoms with Gasteiger partial charge < -0.3 is 15.1 Å². The summed E-state index contributed by atoms with van der Waals surface area (Å²) in [6.45, 7) is 7.84. The van der Waals surface area contributed by atoms with Crippen LogP contribution in [0.15, 0.2) is 24.3 Å². The number of nitrogens with zero attached hydrogens (tertiary/aromatic N) is 2. The van der Waals surface area contributed by atoms with Gasteiger partial charge >= 0.3 is 0 Å². The summed E-state index contributed by atoms with van der Waals surface area (Å²) >= 11 is 0. The maximum atomic E-state index is 12.7. The van der Waals surface area contributed by atoms with Gasteiger partial charge in [-0.1, -0.05) is 0 Å². The van der Waals surface area contributed by atoms with E-state index in [1.165, 1.54) is 24.9 Å². The number of carbonyl (C=O) groups is 2. The number of anilines is 2. The molecule has 0 bridgehead atoms. The fraction of sp³-hybridized carbons (Fsp3) is 0.652. The Morgan fingerprint density at radius 2 is 1.50 bits per heavy atom. The zero-order valence-corrected chi connectivity index (χ0v) is 17.5. The van der Waals surface area contributed by atoms with E-state index >= 15 is 0 Å². The first-order chi connectivity index (χ1) is 13.6. The lowest BCUT2D eigenvalue weighted by atomic mass is 9.81. The highest BCUT2D eigenvalue weighted by Crippen LogP contribution is 2.31. The topological polar surface area (TPSA) is 52.7 Å². The predicted octanol–water partition coefficient (Wildman–Crippen LogP) is 4.29. The van der Waals surface area contributed by atoms with Crippen molar-refractivity contribution >= 4 is 23.2 Å². The Bertz CT molecular complexity index is 640. The van der Waals surface area contributed by atoms with Crippen LogP contribution in [-0.4, -0.2) is 42.9 Å². The average molecular weight is 386 g/mol. The molecule has 0 spiro atoms. The van der Waals surface area contributed by atoms with Gasteiger partial charge in [0, 0.05) is 49.4 Å². The molecular weight excluding hydrogens is 350 g/mol. The van der Waals surface area contributed by atoms with Crippen molar-refractivity contribution in [3.05, 3.63) is 24.3 Å². The number of carbonyl (C=O) groups excluding carboxylic acids is 2. The summed E-state index contributed by atoms with van der Waals surface area (Å²) in [6, 6.07) is 8.25. The standard InChI is InChI=1S/C23H35N3O2/c1-3-25(4-2)23(28)19-10-8-18(9-11-19)22(27)24-20-12-14-21(15-13-20)26-16-6-5-7-17-26/h12-15,18-19H,3-11,16-17H2,1-2H3,(H,24,27). The van der Waals surface area contributed by atoms with Gasteiger partial charge in [-0.2, -0.15) is 0 Å². The number of hydrogen-bond donors (Lipinski definition) is 1. The van der Waals surface area contributed by atoms with Crippen LogP contribution in [0.3, 0.4) is 0 Å². The molecule has 2 amide bonds. The number of piperidine rings is 1. The van der Waals surface area contributed by atoms with Crippen LogP contribution in [-0.2, 0) is 9.59 Å². The molecule has 0 radical (unpaired) electrons. The van der Waals surface area contributed by atoms with E-state index in [4.69, 9.17) is 0 Å². The van der Waals surface area contributed by atoms with Gasteiger partial charge in [-0.25, -0.2) is 0 Å². The van der Waals surface area contributed by atoms with E-state index in [0.29, 0.717) is 0 Å². The molecule has 2 aliphatic rings. The zero-order chi connectivity index (χ0) is 19.9. The Hall–Kier alpha value is -2.04. The van der Waals surface area contributed by atoms with Crippen LogP contribution in [0.5, 0.6) is 0 Å². The van der Waals surface area contributed by atoms with Crippen molar-refractivity contribution in [3.63, 3.8) is 0 Å². The van der Waals surface area contributed by atoms with Gasteiger partial charge in [-0.3, -0.25) is 9.59 Å². The van der Waals surface area contributed by atoms with Crippen molar-refractivity contribution in [1.82, 2.24) is 4.90 Å². The summed E-state index contributed by atoms with van der Waals surface area (Å²) in [5.74, 6) is 0.465. The molecule has 154 valence electrons. The van der Waals surface area contributed by atoms with Gasteiger partial charge in [-0.15, -0.1) is 0 Å². The molecule has 1 heterocycles. The Morgan fingerprint density at radius 1 is 0.929 bits per heavy atom. The van der Waals surface area contributed by atoms with Crippen molar-refractivity contribution in [1.29, 1.82) is 0 Å². The minimum Gasteiger partial charge on any atom is -0.372 e. The zero-order valence-electron chi connectivity index (χ0n) is 17.5. The smallest absolute Gasteiger partial charge is 0.227 e. The fourth-order valence-corrected chi connectivity index (χ4v) is 4.55. The van der Waals surface area contributed by atoms with Gasteiger partial charge in [0.05, 0.1) is 0 Å². The maximum absolute atomic E-state index is 12.7. The fourth-order valence-electron chi connectivity index (χ4n) is 4.55. The van der Waals surface area contributed by atoms with Crippen LogP contribution < -0.4 is 10.2 Å². The maximum Gasteiger partial charge on any atom is 0.227 e. The minimum absolute atomic E-state index is 0.0162. The molecule has 1 aromatic rings. The first-order valence-corrected chi connectivity index (χ1v) is 11.1. The molecule has 2 fully saturated rings. The normalized spacial score (nSPS) is 22.6. The van der Waals surface area contributed by atoms with E-state index in [0.717, 1.165) is 57.5 Å². The SMILES string of the molecule is CCN(CC)C(=O)C1CCC(C(=O)Nc2ccc(N3CCCCC3)cc2)CC1. The number of nitrogens with one attached hydrogen (secondary N) is 1. The molecule has 0 atom stereocenters. The van der Waals surface area contributed by atoms with Gasteiger partial charge in [0.15, 0.2) is 0 Å². The monoisotopic (exact) mass is 385 g/mol. The lowest BCUT2D eigenvalue weighted by molar-refractivity contribution is -0.137. The van der Waals surface area contributed by atoms with E-state index in [2.05, 4.69) is 22.3 Å². The molecule has 1 aliphatic heterocycles. The van der Waals surface area contributed by atoms with Crippen LogP contribution in [0.1, 0.15) is 58.8 Å². The minimum atomic E-state index is 0.0162. The van der Waals surface area contributed by atoms with Crippen LogP contribution >= 0.6 is 0 Å². The van der Waals surface area contributed by atoms with Gasteiger partial charge in [-0.05, 0) is 83.1 Å². The highest BCUT2D eigenvalue weighted by molar-refractivity contribution is 5.93. The molecule has 1 saturated carbocycles.